The Morgan fingerprint density at radius 1 is 1.07 bits per heavy atom. The lowest BCUT2D eigenvalue weighted by Crippen LogP contribution is -2.16. The molecule has 88 valence electrons. The van der Waals surface area contributed by atoms with Gasteiger partial charge in [-0.3, -0.25) is 9.59 Å². The van der Waals surface area contributed by atoms with Crippen molar-refractivity contribution in [3.8, 4) is 0 Å². The number of rotatable bonds is 5. The molecule has 15 heavy (non-hydrogen) atoms. The quantitative estimate of drug-likeness (QED) is 0.520. The van der Waals surface area contributed by atoms with E-state index in [0.29, 0.717) is 6.61 Å². The summed E-state index contributed by atoms with van der Waals surface area (Å²) in [6, 6.07) is 0. The lowest BCUT2D eigenvalue weighted by Gasteiger charge is -2.17. The maximum Gasteiger partial charge on any atom is 0.317 e. The average molecular weight is 216 g/mol. The van der Waals surface area contributed by atoms with Crippen LogP contribution in [0.2, 0.25) is 0 Å². The number of carbonyl (C=O) groups is 2. The third-order valence-electron chi connectivity index (χ3n) is 1.71. The summed E-state index contributed by atoms with van der Waals surface area (Å²) in [7, 11) is 0. The minimum absolute atomic E-state index is 0.129. The van der Waals surface area contributed by atoms with Crippen LogP contribution in [0, 0.1) is 5.41 Å². The lowest BCUT2D eigenvalue weighted by molar-refractivity contribution is -0.154. The van der Waals surface area contributed by atoms with Crippen LogP contribution < -0.4 is 0 Å². The zero-order chi connectivity index (χ0) is 11.9. The molecule has 0 unspecified atom stereocenters. The van der Waals surface area contributed by atoms with Gasteiger partial charge in [0.15, 0.2) is 0 Å². The predicted molar refractivity (Wildman–Crippen MR) is 56.3 cm³/mol. The van der Waals surface area contributed by atoms with Crippen LogP contribution in [0.3, 0.4) is 0 Å². The fourth-order valence-corrected chi connectivity index (χ4v) is 0.852. The van der Waals surface area contributed by atoms with Crippen LogP contribution >= 0.6 is 0 Å². The van der Waals surface area contributed by atoms with Crippen LogP contribution in [-0.2, 0) is 19.1 Å². The van der Waals surface area contributed by atoms with E-state index in [1.807, 2.05) is 0 Å². The van der Waals surface area contributed by atoms with E-state index >= 15 is 0 Å². The standard InChI is InChI=1S/C11H20O4/c1-5-14-9(12)8-10(13)15-7-6-11(2,3)4/h5-8H2,1-4H3. The number of esters is 2. The summed E-state index contributed by atoms with van der Waals surface area (Å²) in [6.07, 6.45) is 0.486. The predicted octanol–water partition coefficient (Wildman–Crippen LogP) is 1.92. The minimum atomic E-state index is -0.529. The molecular weight excluding hydrogens is 196 g/mol. The second-order valence-electron chi connectivity index (χ2n) is 4.51. The molecule has 0 amide bonds. The van der Waals surface area contributed by atoms with Gasteiger partial charge in [-0.2, -0.15) is 0 Å². The molecule has 0 radical (unpaired) electrons. The first kappa shape index (κ1) is 13.9. The Kier molecular flexibility index (Phi) is 5.97. The monoisotopic (exact) mass is 216 g/mol. The Labute approximate surface area is 90.9 Å². The molecule has 4 heteroatoms. The van der Waals surface area contributed by atoms with Gasteiger partial charge in [0.1, 0.15) is 6.42 Å². The van der Waals surface area contributed by atoms with Gasteiger partial charge in [0, 0.05) is 0 Å². The van der Waals surface area contributed by atoms with Crippen molar-refractivity contribution in [1.82, 2.24) is 0 Å². The Hall–Kier alpha value is -1.06. The van der Waals surface area contributed by atoms with Gasteiger partial charge in [-0.05, 0) is 18.8 Å². The smallest absolute Gasteiger partial charge is 0.317 e. The highest BCUT2D eigenvalue weighted by Crippen LogP contribution is 2.17. The number of hydrogen-bond acceptors (Lipinski definition) is 4. The van der Waals surface area contributed by atoms with Crippen LogP contribution in [0.4, 0.5) is 0 Å². The second-order valence-corrected chi connectivity index (χ2v) is 4.51. The van der Waals surface area contributed by atoms with Crippen LogP contribution in [0.5, 0.6) is 0 Å². The van der Waals surface area contributed by atoms with Crippen molar-refractivity contribution < 1.29 is 19.1 Å². The molecule has 0 rings (SSSR count). The first-order valence-electron chi connectivity index (χ1n) is 5.16. The van der Waals surface area contributed by atoms with E-state index in [1.54, 1.807) is 6.92 Å². The molecule has 0 bridgehead atoms. The molecule has 0 aromatic heterocycles. The molecule has 0 aliphatic carbocycles. The average Bonchev–Trinajstić information content (AvgIpc) is 2.01. The third kappa shape index (κ3) is 9.25. The van der Waals surface area contributed by atoms with Crippen molar-refractivity contribution in [3.63, 3.8) is 0 Å². The van der Waals surface area contributed by atoms with Crippen molar-refractivity contribution in [2.75, 3.05) is 13.2 Å². The van der Waals surface area contributed by atoms with Crippen LogP contribution in [0.1, 0.15) is 40.5 Å². The summed E-state index contributed by atoms with van der Waals surface area (Å²) < 4.78 is 9.52. The Morgan fingerprint density at radius 2 is 1.60 bits per heavy atom. The van der Waals surface area contributed by atoms with Gasteiger partial charge in [0.25, 0.3) is 0 Å². The molecular formula is C11H20O4. The molecule has 0 saturated heterocycles. The maximum atomic E-state index is 11.1. The highest BCUT2D eigenvalue weighted by molar-refractivity contribution is 5.91. The molecule has 0 fully saturated rings. The van der Waals surface area contributed by atoms with Gasteiger partial charge in [-0.15, -0.1) is 0 Å². The first-order valence-corrected chi connectivity index (χ1v) is 5.16. The van der Waals surface area contributed by atoms with E-state index < -0.39 is 11.9 Å². The molecule has 0 aliphatic rings. The van der Waals surface area contributed by atoms with Gasteiger partial charge in [0.05, 0.1) is 13.2 Å². The van der Waals surface area contributed by atoms with E-state index in [-0.39, 0.29) is 18.4 Å². The molecule has 0 aromatic rings. The molecule has 0 spiro atoms. The zero-order valence-electron chi connectivity index (χ0n) is 9.96. The largest absolute Gasteiger partial charge is 0.466 e. The molecule has 0 aromatic carbocycles. The Morgan fingerprint density at radius 3 is 2.07 bits per heavy atom. The highest BCUT2D eigenvalue weighted by Gasteiger charge is 2.14. The lowest BCUT2D eigenvalue weighted by atomic mass is 9.93. The fourth-order valence-electron chi connectivity index (χ4n) is 0.852. The normalized spacial score (nSPS) is 10.9. The van der Waals surface area contributed by atoms with E-state index in [9.17, 15) is 9.59 Å². The van der Waals surface area contributed by atoms with Crippen molar-refractivity contribution in [3.05, 3.63) is 0 Å². The topological polar surface area (TPSA) is 52.6 Å². The van der Waals surface area contributed by atoms with Crippen LogP contribution in [0.15, 0.2) is 0 Å². The molecule has 0 N–H and O–H groups in total. The summed E-state index contributed by atoms with van der Waals surface area (Å²) in [5.41, 5.74) is 0.129. The SMILES string of the molecule is CCOC(=O)CC(=O)OCCC(C)(C)C. The van der Waals surface area contributed by atoms with Crippen LogP contribution in [0.25, 0.3) is 0 Å². The summed E-state index contributed by atoms with van der Waals surface area (Å²) >= 11 is 0. The van der Waals surface area contributed by atoms with E-state index in [0.717, 1.165) is 6.42 Å². The third-order valence-corrected chi connectivity index (χ3v) is 1.71. The maximum absolute atomic E-state index is 11.1. The molecule has 0 aliphatic heterocycles. The van der Waals surface area contributed by atoms with Gasteiger partial charge < -0.3 is 9.47 Å². The zero-order valence-corrected chi connectivity index (χ0v) is 9.96. The van der Waals surface area contributed by atoms with Crippen molar-refractivity contribution >= 4 is 11.9 Å². The number of carbonyl (C=O) groups excluding carboxylic acids is 2. The van der Waals surface area contributed by atoms with Crippen molar-refractivity contribution in [1.29, 1.82) is 0 Å². The number of ether oxygens (including phenoxy) is 2. The fraction of sp³-hybridized carbons (Fsp3) is 0.818. The second kappa shape index (κ2) is 6.43. The summed E-state index contributed by atoms with van der Waals surface area (Å²) in [4.78, 5) is 22.0. The summed E-state index contributed by atoms with van der Waals surface area (Å²) in [5.74, 6) is -1.05. The van der Waals surface area contributed by atoms with E-state index in [1.165, 1.54) is 0 Å². The molecule has 0 atom stereocenters. The first-order chi connectivity index (χ1) is 6.85. The molecule has 0 heterocycles. The van der Waals surface area contributed by atoms with Gasteiger partial charge >= 0.3 is 11.9 Å². The Balaban J connectivity index is 3.62. The van der Waals surface area contributed by atoms with E-state index in [4.69, 9.17) is 4.74 Å². The summed E-state index contributed by atoms with van der Waals surface area (Å²) in [6.45, 7) is 8.52. The number of hydrogen-bond donors (Lipinski definition) is 0. The Bertz CT molecular complexity index is 215. The highest BCUT2D eigenvalue weighted by atomic mass is 16.6. The van der Waals surface area contributed by atoms with Gasteiger partial charge in [-0.1, -0.05) is 20.8 Å². The minimum Gasteiger partial charge on any atom is -0.466 e. The molecule has 4 nitrogen and oxygen atoms in total. The van der Waals surface area contributed by atoms with Gasteiger partial charge in [0.2, 0.25) is 0 Å². The van der Waals surface area contributed by atoms with Crippen molar-refractivity contribution in [2.45, 2.75) is 40.5 Å². The summed E-state index contributed by atoms with van der Waals surface area (Å²) in [5, 5.41) is 0. The van der Waals surface area contributed by atoms with Gasteiger partial charge in [-0.25, -0.2) is 0 Å². The van der Waals surface area contributed by atoms with E-state index in [2.05, 4.69) is 25.5 Å². The van der Waals surface area contributed by atoms with Crippen LogP contribution in [-0.4, -0.2) is 25.2 Å². The van der Waals surface area contributed by atoms with Crippen molar-refractivity contribution in [2.24, 2.45) is 5.41 Å². The molecule has 0 saturated carbocycles.